The smallest absolute Gasteiger partial charge is 0.240 e. The summed E-state index contributed by atoms with van der Waals surface area (Å²) in [7, 11) is 1.85. The number of carbonyl (C=O) groups excluding carboxylic acids is 1. The summed E-state index contributed by atoms with van der Waals surface area (Å²) < 4.78 is 0.760. The zero-order chi connectivity index (χ0) is 14.8. The summed E-state index contributed by atoms with van der Waals surface area (Å²) in [6.45, 7) is 1.36. The molecule has 2 heterocycles. The van der Waals surface area contributed by atoms with Gasteiger partial charge < -0.3 is 10.2 Å². The zero-order valence-electron chi connectivity index (χ0n) is 11.8. The highest BCUT2D eigenvalue weighted by atomic mass is 35.5. The fourth-order valence-corrected chi connectivity index (χ4v) is 3.78. The molecule has 1 aliphatic heterocycles. The van der Waals surface area contributed by atoms with Crippen molar-refractivity contribution in [3.63, 3.8) is 0 Å². The lowest BCUT2D eigenvalue weighted by molar-refractivity contribution is -0.132. The number of hydrogen-bond acceptors (Lipinski definition) is 3. The number of thiophene rings is 1. The molecule has 1 N–H and O–H groups in total. The van der Waals surface area contributed by atoms with Crippen LogP contribution in [0.5, 0.6) is 0 Å². The molecule has 3 nitrogen and oxygen atoms in total. The van der Waals surface area contributed by atoms with Crippen LogP contribution in [0.15, 0.2) is 36.4 Å². The molecular formula is C16H17ClN2OS. The third-order valence-electron chi connectivity index (χ3n) is 3.78. The van der Waals surface area contributed by atoms with Gasteiger partial charge in [-0.05, 0) is 29.7 Å². The first-order valence-corrected chi connectivity index (χ1v) is 8.12. The van der Waals surface area contributed by atoms with Crippen molar-refractivity contribution < 1.29 is 4.79 Å². The van der Waals surface area contributed by atoms with Crippen LogP contribution >= 0.6 is 22.9 Å². The fraction of sp³-hybridized carbons (Fsp3) is 0.312. The Hall–Kier alpha value is -1.36. The van der Waals surface area contributed by atoms with E-state index in [1.807, 2.05) is 31.3 Å². The van der Waals surface area contributed by atoms with Crippen molar-refractivity contribution in [2.45, 2.75) is 25.6 Å². The van der Waals surface area contributed by atoms with Crippen LogP contribution in [0.3, 0.4) is 0 Å². The van der Waals surface area contributed by atoms with Gasteiger partial charge in [-0.2, -0.15) is 0 Å². The van der Waals surface area contributed by atoms with E-state index in [-0.39, 0.29) is 11.9 Å². The number of fused-ring (bicyclic) bond motifs is 1. The van der Waals surface area contributed by atoms with E-state index in [9.17, 15) is 4.79 Å². The number of amides is 1. The van der Waals surface area contributed by atoms with E-state index >= 15 is 0 Å². The minimum absolute atomic E-state index is 0.133. The highest BCUT2D eigenvalue weighted by molar-refractivity contribution is 7.16. The summed E-state index contributed by atoms with van der Waals surface area (Å²) in [6.07, 6.45) is 0.755. The summed E-state index contributed by atoms with van der Waals surface area (Å²) >= 11 is 7.45. The Morgan fingerprint density at radius 3 is 2.81 bits per heavy atom. The SMILES string of the molecule is CN(Cc1ccc(Cl)s1)C(=O)[C@H]1Cc2ccccc2CN1. The molecular weight excluding hydrogens is 304 g/mol. The van der Waals surface area contributed by atoms with E-state index in [4.69, 9.17) is 11.6 Å². The van der Waals surface area contributed by atoms with Crippen molar-refractivity contribution in [3.05, 3.63) is 56.7 Å². The van der Waals surface area contributed by atoms with Gasteiger partial charge in [0.05, 0.1) is 16.9 Å². The molecule has 110 valence electrons. The number of nitrogens with zero attached hydrogens (tertiary/aromatic N) is 1. The summed E-state index contributed by atoms with van der Waals surface area (Å²) in [4.78, 5) is 15.4. The third-order valence-corrected chi connectivity index (χ3v) is 4.99. The Kier molecular flexibility index (Phi) is 4.29. The van der Waals surface area contributed by atoms with E-state index in [1.54, 1.807) is 4.90 Å². The van der Waals surface area contributed by atoms with E-state index in [2.05, 4.69) is 17.4 Å². The lowest BCUT2D eigenvalue weighted by Gasteiger charge is -2.28. The predicted molar refractivity (Wildman–Crippen MR) is 86.6 cm³/mol. The van der Waals surface area contributed by atoms with Crippen molar-refractivity contribution in [2.75, 3.05) is 7.05 Å². The first-order chi connectivity index (χ1) is 10.1. The van der Waals surface area contributed by atoms with E-state index in [1.165, 1.54) is 22.5 Å². The van der Waals surface area contributed by atoms with Crippen molar-refractivity contribution in [1.29, 1.82) is 0 Å². The maximum Gasteiger partial charge on any atom is 0.240 e. The first-order valence-electron chi connectivity index (χ1n) is 6.93. The molecule has 1 atom stereocenters. The predicted octanol–water partition coefficient (Wildman–Crippen LogP) is 3.07. The summed E-state index contributed by atoms with van der Waals surface area (Å²) in [6, 6.07) is 12.0. The van der Waals surface area contributed by atoms with Gasteiger partial charge in [0, 0.05) is 18.5 Å². The number of benzene rings is 1. The molecule has 1 aliphatic rings. The lowest BCUT2D eigenvalue weighted by Crippen LogP contribution is -2.47. The molecule has 0 saturated heterocycles. The van der Waals surface area contributed by atoms with Gasteiger partial charge in [0.1, 0.15) is 0 Å². The standard InChI is InChI=1S/C16H17ClN2OS/c1-19(10-13-6-7-15(17)21-13)16(20)14-8-11-4-2-3-5-12(11)9-18-14/h2-7,14,18H,8-10H2,1H3/t14-/m1/s1. The topological polar surface area (TPSA) is 32.3 Å². The van der Waals surface area contributed by atoms with Gasteiger partial charge in [-0.15, -0.1) is 11.3 Å². The van der Waals surface area contributed by atoms with Crippen LogP contribution in [-0.4, -0.2) is 23.9 Å². The molecule has 0 bridgehead atoms. The van der Waals surface area contributed by atoms with E-state index in [0.29, 0.717) is 6.54 Å². The van der Waals surface area contributed by atoms with Gasteiger partial charge >= 0.3 is 0 Å². The molecule has 1 amide bonds. The Morgan fingerprint density at radius 2 is 2.10 bits per heavy atom. The van der Waals surface area contributed by atoms with Gasteiger partial charge in [0.25, 0.3) is 0 Å². The van der Waals surface area contributed by atoms with Crippen LogP contribution in [0.4, 0.5) is 0 Å². The molecule has 1 aromatic heterocycles. The largest absolute Gasteiger partial charge is 0.339 e. The number of hydrogen-bond donors (Lipinski definition) is 1. The van der Waals surface area contributed by atoms with Crippen LogP contribution in [0.2, 0.25) is 4.34 Å². The first kappa shape index (κ1) is 14.6. The van der Waals surface area contributed by atoms with Crippen molar-refractivity contribution in [2.24, 2.45) is 0 Å². The molecule has 0 fully saturated rings. The molecule has 21 heavy (non-hydrogen) atoms. The van der Waals surface area contributed by atoms with Crippen LogP contribution < -0.4 is 5.32 Å². The Balaban J connectivity index is 1.66. The molecule has 0 spiro atoms. The van der Waals surface area contributed by atoms with Gasteiger partial charge in [0.15, 0.2) is 0 Å². The molecule has 1 aromatic carbocycles. The molecule has 5 heteroatoms. The second-order valence-electron chi connectivity index (χ2n) is 5.31. The second kappa shape index (κ2) is 6.18. The minimum Gasteiger partial charge on any atom is -0.339 e. The second-order valence-corrected chi connectivity index (χ2v) is 7.11. The van der Waals surface area contributed by atoms with Crippen molar-refractivity contribution in [3.8, 4) is 0 Å². The highest BCUT2D eigenvalue weighted by Crippen LogP contribution is 2.23. The number of nitrogens with one attached hydrogen (secondary N) is 1. The fourth-order valence-electron chi connectivity index (χ4n) is 2.64. The molecule has 0 saturated carbocycles. The van der Waals surface area contributed by atoms with Crippen molar-refractivity contribution in [1.82, 2.24) is 10.2 Å². The number of rotatable bonds is 3. The van der Waals surface area contributed by atoms with Gasteiger partial charge in [-0.3, -0.25) is 4.79 Å². The lowest BCUT2D eigenvalue weighted by atomic mass is 9.95. The molecule has 0 aliphatic carbocycles. The Bertz CT molecular complexity index is 655. The number of carbonyl (C=O) groups is 1. The molecule has 2 aromatic rings. The average Bonchev–Trinajstić information content (AvgIpc) is 2.91. The average molecular weight is 321 g/mol. The summed E-state index contributed by atoms with van der Waals surface area (Å²) in [5.74, 6) is 0.133. The molecule has 0 unspecified atom stereocenters. The van der Waals surface area contributed by atoms with Crippen LogP contribution in [0.25, 0.3) is 0 Å². The maximum absolute atomic E-state index is 12.6. The highest BCUT2D eigenvalue weighted by Gasteiger charge is 2.26. The Labute approximate surface area is 133 Å². The van der Waals surface area contributed by atoms with Crippen LogP contribution in [0, 0.1) is 0 Å². The van der Waals surface area contributed by atoms with Crippen LogP contribution in [-0.2, 0) is 24.3 Å². The summed E-state index contributed by atoms with van der Waals surface area (Å²) in [5.41, 5.74) is 2.55. The van der Waals surface area contributed by atoms with Gasteiger partial charge in [-0.25, -0.2) is 0 Å². The van der Waals surface area contributed by atoms with E-state index < -0.39 is 0 Å². The summed E-state index contributed by atoms with van der Waals surface area (Å²) in [5, 5.41) is 3.33. The van der Waals surface area contributed by atoms with Gasteiger partial charge in [-0.1, -0.05) is 35.9 Å². The van der Waals surface area contributed by atoms with Gasteiger partial charge in [0.2, 0.25) is 5.91 Å². The number of likely N-dealkylation sites (N-methyl/N-ethyl adjacent to an activating group) is 1. The monoisotopic (exact) mass is 320 g/mol. The molecule has 3 rings (SSSR count). The van der Waals surface area contributed by atoms with E-state index in [0.717, 1.165) is 22.2 Å². The molecule has 0 radical (unpaired) electrons. The third kappa shape index (κ3) is 3.28. The normalized spacial score (nSPS) is 17.3. The van der Waals surface area contributed by atoms with Crippen molar-refractivity contribution >= 4 is 28.8 Å². The quantitative estimate of drug-likeness (QED) is 0.942. The Morgan fingerprint density at radius 1 is 1.33 bits per heavy atom. The van der Waals surface area contributed by atoms with Crippen LogP contribution in [0.1, 0.15) is 16.0 Å². The minimum atomic E-state index is -0.139. The maximum atomic E-state index is 12.6. The zero-order valence-corrected chi connectivity index (χ0v) is 13.4. The number of halogens is 1.